The summed E-state index contributed by atoms with van der Waals surface area (Å²) in [5, 5.41) is 9.13. The molecule has 0 unspecified atom stereocenters. The highest BCUT2D eigenvalue weighted by Crippen LogP contribution is 2.30. The van der Waals surface area contributed by atoms with Gasteiger partial charge in [0.25, 0.3) is 0 Å². The first-order valence-corrected chi connectivity index (χ1v) is 5.33. The molecule has 3 rings (SSSR count). The Labute approximate surface area is 97.3 Å². The minimum Gasteiger partial charge on any atom is -0.480 e. The Morgan fingerprint density at radius 2 is 1.65 bits per heavy atom. The van der Waals surface area contributed by atoms with E-state index >= 15 is 0 Å². The predicted octanol–water partition coefficient (Wildman–Crippen LogP) is 0.510. The van der Waals surface area contributed by atoms with Gasteiger partial charge in [-0.3, -0.25) is 14.8 Å². The second-order valence-corrected chi connectivity index (χ2v) is 4.48. The lowest BCUT2D eigenvalue weighted by Gasteiger charge is -2.16. The molecule has 86 valence electrons. The van der Waals surface area contributed by atoms with Crippen LogP contribution in [0.2, 0.25) is 0 Å². The van der Waals surface area contributed by atoms with Crippen molar-refractivity contribution in [3.8, 4) is 0 Å². The molecule has 1 aromatic heterocycles. The number of rotatable bonds is 1. The second-order valence-electron chi connectivity index (χ2n) is 4.48. The third-order valence-corrected chi connectivity index (χ3v) is 3.23. The highest BCUT2D eigenvalue weighted by atomic mass is 16.4. The molecule has 0 amide bonds. The lowest BCUT2D eigenvalue weighted by molar-refractivity contribution is -0.142. The molecule has 0 spiro atoms. The normalized spacial score (nSPS) is 17.0. The Morgan fingerprint density at radius 1 is 1.18 bits per heavy atom. The van der Waals surface area contributed by atoms with E-state index in [2.05, 4.69) is 9.97 Å². The summed E-state index contributed by atoms with van der Waals surface area (Å²) < 4.78 is 0. The number of carbonyl (C=O) groups is 1. The fraction of sp³-hybridized carbons (Fsp3) is 0.250. The maximum atomic E-state index is 11.1. The van der Waals surface area contributed by atoms with Gasteiger partial charge in [0.15, 0.2) is 0 Å². The van der Waals surface area contributed by atoms with Crippen molar-refractivity contribution in [1.82, 2.24) is 9.97 Å². The molecular formula is C12H11N3O2. The number of nitrogens with two attached hydrogens (primary N) is 1. The summed E-state index contributed by atoms with van der Waals surface area (Å²) >= 11 is 0. The first kappa shape index (κ1) is 10.2. The summed E-state index contributed by atoms with van der Waals surface area (Å²) in [4.78, 5) is 19.5. The summed E-state index contributed by atoms with van der Waals surface area (Å²) in [5.41, 5.74) is 8.17. The Morgan fingerprint density at radius 3 is 2.06 bits per heavy atom. The average molecular weight is 229 g/mol. The van der Waals surface area contributed by atoms with E-state index in [9.17, 15) is 4.79 Å². The van der Waals surface area contributed by atoms with Crippen LogP contribution in [0.25, 0.3) is 11.0 Å². The molecule has 1 heterocycles. The van der Waals surface area contributed by atoms with Crippen molar-refractivity contribution < 1.29 is 9.90 Å². The largest absolute Gasteiger partial charge is 0.480 e. The van der Waals surface area contributed by atoms with E-state index in [-0.39, 0.29) is 0 Å². The fourth-order valence-electron chi connectivity index (χ4n) is 2.32. The number of hydrogen-bond donors (Lipinski definition) is 2. The lowest BCUT2D eigenvalue weighted by Crippen LogP contribution is -2.48. The molecule has 0 aliphatic heterocycles. The van der Waals surface area contributed by atoms with Gasteiger partial charge in [0.1, 0.15) is 5.54 Å². The van der Waals surface area contributed by atoms with E-state index in [4.69, 9.17) is 10.8 Å². The molecule has 0 bridgehead atoms. The highest BCUT2D eigenvalue weighted by Gasteiger charge is 2.40. The Bertz CT molecular complexity index is 580. The average Bonchev–Trinajstić information content (AvgIpc) is 2.62. The number of fused-ring (bicyclic) bond motifs is 2. The maximum absolute atomic E-state index is 11.1. The number of nitrogens with zero attached hydrogens (tertiary/aromatic N) is 2. The van der Waals surface area contributed by atoms with Crippen molar-refractivity contribution in [3.05, 3.63) is 35.7 Å². The summed E-state index contributed by atoms with van der Waals surface area (Å²) in [6.45, 7) is 0. The zero-order chi connectivity index (χ0) is 12.0. The fourth-order valence-corrected chi connectivity index (χ4v) is 2.32. The third-order valence-electron chi connectivity index (χ3n) is 3.23. The van der Waals surface area contributed by atoms with Crippen LogP contribution in [0.4, 0.5) is 0 Å². The van der Waals surface area contributed by atoms with Crippen molar-refractivity contribution in [3.63, 3.8) is 0 Å². The van der Waals surface area contributed by atoms with Gasteiger partial charge in [-0.15, -0.1) is 0 Å². The van der Waals surface area contributed by atoms with Crippen LogP contribution in [0, 0.1) is 0 Å². The van der Waals surface area contributed by atoms with Crippen LogP contribution in [0.1, 0.15) is 11.1 Å². The van der Waals surface area contributed by atoms with Gasteiger partial charge in [0.2, 0.25) is 0 Å². The van der Waals surface area contributed by atoms with Crippen LogP contribution in [0.3, 0.4) is 0 Å². The number of carboxylic acid groups (broad SMARTS) is 1. The van der Waals surface area contributed by atoms with E-state index in [0.29, 0.717) is 12.8 Å². The SMILES string of the molecule is NC1(C(=O)O)Cc2cc3nccnc3cc2C1. The molecule has 17 heavy (non-hydrogen) atoms. The summed E-state index contributed by atoms with van der Waals surface area (Å²) in [5.74, 6) is -0.960. The van der Waals surface area contributed by atoms with Gasteiger partial charge in [-0.05, 0) is 23.3 Å². The molecule has 5 heteroatoms. The summed E-state index contributed by atoms with van der Waals surface area (Å²) in [6.07, 6.45) is 3.95. The van der Waals surface area contributed by atoms with Gasteiger partial charge < -0.3 is 10.8 Å². The van der Waals surface area contributed by atoms with Crippen molar-refractivity contribution in [1.29, 1.82) is 0 Å². The lowest BCUT2D eigenvalue weighted by atomic mass is 9.98. The summed E-state index contributed by atoms with van der Waals surface area (Å²) in [6, 6.07) is 3.77. The predicted molar refractivity (Wildman–Crippen MR) is 61.5 cm³/mol. The quantitative estimate of drug-likeness (QED) is 0.743. The highest BCUT2D eigenvalue weighted by molar-refractivity contribution is 5.83. The first-order chi connectivity index (χ1) is 8.08. The molecule has 0 saturated heterocycles. The topological polar surface area (TPSA) is 89.1 Å². The van der Waals surface area contributed by atoms with Crippen LogP contribution in [-0.4, -0.2) is 26.6 Å². The zero-order valence-corrected chi connectivity index (χ0v) is 9.05. The molecule has 1 aromatic carbocycles. The number of hydrogen-bond acceptors (Lipinski definition) is 4. The van der Waals surface area contributed by atoms with Crippen LogP contribution in [-0.2, 0) is 17.6 Å². The number of aromatic nitrogens is 2. The third kappa shape index (κ3) is 1.47. The van der Waals surface area contributed by atoms with Crippen LogP contribution >= 0.6 is 0 Å². The standard InChI is InChI=1S/C12H11N3O2/c13-12(11(16)17)5-7-3-9-10(4-8(7)6-12)15-2-1-14-9/h1-4H,5-6,13H2,(H,16,17). The molecule has 0 saturated carbocycles. The molecule has 0 atom stereocenters. The Balaban J connectivity index is 2.14. The molecule has 2 aromatic rings. The molecular weight excluding hydrogens is 218 g/mol. The first-order valence-electron chi connectivity index (χ1n) is 5.33. The van der Waals surface area contributed by atoms with E-state index < -0.39 is 11.5 Å². The van der Waals surface area contributed by atoms with E-state index in [0.717, 1.165) is 22.2 Å². The van der Waals surface area contributed by atoms with E-state index in [1.807, 2.05) is 12.1 Å². The Hall–Kier alpha value is -2.01. The van der Waals surface area contributed by atoms with Gasteiger partial charge in [0, 0.05) is 25.2 Å². The van der Waals surface area contributed by atoms with E-state index in [1.54, 1.807) is 12.4 Å². The van der Waals surface area contributed by atoms with Gasteiger partial charge in [-0.25, -0.2) is 0 Å². The molecule has 0 radical (unpaired) electrons. The van der Waals surface area contributed by atoms with E-state index in [1.165, 1.54) is 0 Å². The number of carboxylic acids is 1. The molecule has 0 fully saturated rings. The van der Waals surface area contributed by atoms with Crippen molar-refractivity contribution >= 4 is 17.0 Å². The minimum atomic E-state index is -1.18. The van der Waals surface area contributed by atoms with Crippen LogP contribution in [0.5, 0.6) is 0 Å². The van der Waals surface area contributed by atoms with Gasteiger partial charge in [-0.2, -0.15) is 0 Å². The van der Waals surface area contributed by atoms with Gasteiger partial charge in [-0.1, -0.05) is 0 Å². The zero-order valence-electron chi connectivity index (χ0n) is 9.05. The molecule has 5 nitrogen and oxygen atoms in total. The molecule has 1 aliphatic carbocycles. The van der Waals surface area contributed by atoms with Gasteiger partial charge in [0.05, 0.1) is 11.0 Å². The summed E-state index contributed by atoms with van der Waals surface area (Å²) in [7, 11) is 0. The van der Waals surface area contributed by atoms with Gasteiger partial charge >= 0.3 is 5.97 Å². The monoisotopic (exact) mass is 229 g/mol. The van der Waals surface area contributed by atoms with Crippen molar-refractivity contribution in [2.45, 2.75) is 18.4 Å². The molecule has 3 N–H and O–H groups in total. The van der Waals surface area contributed by atoms with Crippen molar-refractivity contribution in [2.75, 3.05) is 0 Å². The van der Waals surface area contributed by atoms with Crippen LogP contribution < -0.4 is 5.73 Å². The molecule has 1 aliphatic rings. The van der Waals surface area contributed by atoms with Crippen LogP contribution in [0.15, 0.2) is 24.5 Å². The number of benzene rings is 1. The van der Waals surface area contributed by atoms with Crippen molar-refractivity contribution in [2.24, 2.45) is 5.73 Å². The Kier molecular flexibility index (Phi) is 1.94. The number of aliphatic carboxylic acids is 1. The minimum absolute atomic E-state index is 0.351. The maximum Gasteiger partial charge on any atom is 0.324 e. The smallest absolute Gasteiger partial charge is 0.324 e. The second kappa shape index (κ2) is 3.24.